The number of carbonyl (C=O) groups excluding carboxylic acids is 1. The molecular weight excluding hydrogens is 232 g/mol. The average molecular weight is 246 g/mol. The van der Waals surface area contributed by atoms with E-state index in [1.807, 2.05) is 0 Å². The first-order valence-corrected chi connectivity index (χ1v) is 6.49. The Balaban J connectivity index is 2.24. The van der Waals surface area contributed by atoms with Gasteiger partial charge in [0.2, 0.25) is 10.0 Å². The summed E-state index contributed by atoms with van der Waals surface area (Å²) in [6.07, 6.45) is 1.40. The highest BCUT2D eigenvalue weighted by Crippen LogP contribution is 1.98. The summed E-state index contributed by atoms with van der Waals surface area (Å²) in [5.41, 5.74) is 0. The molecule has 1 heterocycles. The lowest BCUT2D eigenvalue weighted by molar-refractivity contribution is 0.0926. The van der Waals surface area contributed by atoms with Crippen LogP contribution in [0.15, 0.2) is 22.8 Å². The van der Waals surface area contributed by atoms with Gasteiger partial charge < -0.3 is 9.73 Å². The predicted octanol–water partition coefficient (Wildman–Crippen LogP) is -0.0513. The maximum Gasteiger partial charge on any atom is 0.287 e. The summed E-state index contributed by atoms with van der Waals surface area (Å²) >= 11 is 0. The van der Waals surface area contributed by atoms with E-state index in [2.05, 4.69) is 10.0 Å². The molecule has 0 aliphatic rings. The second kappa shape index (κ2) is 5.66. The first-order chi connectivity index (χ1) is 7.55. The van der Waals surface area contributed by atoms with Gasteiger partial charge in [-0.15, -0.1) is 0 Å². The van der Waals surface area contributed by atoms with E-state index in [-0.39, 0.29) is 30.5 Å². The molecule has 0 saturated carbocycles. The van der Waals surface area contributed by atoms with Gasteiger partial charge in [-0.3, -0.25) is 4.79 Å². The van der Waals surface area contributed by atoms with Crippen molar-refractivity contribution in [3.05, 3.63) is 24.2 Å². The molecule has 0 aromatic carbocycles. The Bertz CT molecular complexity index is 424. The molecule has 0 unspecified atom stereocenters. The van der Waals surface area contributed by atoms with Crippen molar-refractivity contribution in [3.63, 3.8) is 0 Å². The van der Waals surface area contributed by atoms with Gasteiger partial charge in [-0.25, -0.2) is 13.1 Å². The molecule has 7 heteroatoms. The molecule has 0 bridgehead atoms. The van der Waals surface area contributed by atoms with Crippen molar-refractivity contribution in [2.75, 3.05) is 18.8 Å². The number of carbonyl (C=O) groups is 1. The second-order valence-corrected chi connectivity index (χ2v) is 5.13. The Morgan fingerprint density at radius 2 is 2.19 bits per heavy atom. The monoisotopic (exact) mass is 246 g/mol. The zero-order valence-corrected chi connectivity index (χ0v) is 9.71. The van der Waals surface area contributed by atoms with Crippen molar-refractivity contribution in [2.45, 2.75) is 6.92 Å². The Hall–Kier alpha value is -1.34. The summed E-state index contributed by atoms with van der Waals surface area (Å²) < 4.78 is 29.3. The number of furan rings is 1. The van der Waals surface area contributed by atoms with Gasteiger partial charge >= 0.3 is 0 Å². The Kier molecular flexibility index (Phi) is 4.51. The molecule has 0 atom stereocenters. The van der Waals surface area contributed by atoms with Crippen LogP contribution in [-0.2, 0) is 10.0 Å². The molecule has 1 aromatic heterocycles. The lowest BCUT2D eigenvalue weighted by Crippen LogP contribution is -2.35. The fourth-order valence-electron chi connectivity index (χ4n) is 0.979. The Morgan fingerprint density at radius 1 is 1.44 bits per heavy atom. The fraction of sp³-hybridized carbons (Fsp3) is 0.444. The van der Waals surface area contributed by atoms with Gasteiger partial charge in [0.15, 0.2) is 5.76 Å². The minimum atomic E-state index is -3.20. The van der Waals surface area contributed by atoms with E-state index in [9.17, 15) is 13.2 Å². The van der Waals surface area contributed by atoms with Crippen LogP contribution in [0.5, 0.6) is 0 Å². The van der Waals surface area contributed by atoms with Crippen LogP contribution in [-0.4, -0.2) is 33.2 Å². The van der Waals surface area contributed by atoms with E-state index in [0.717, 1.165) is 0 Å². The first-order valence-electron chi connectivity index (χ1n) is 4.84. The number of sulfonamides is 1. The van der Waals surface area contributed by atoms with Crippen LogP contribution >= 0.6 is 0 Å². The summed E-state index contributed by atoms with van der Waals surface area (Å²) in [6, 6.07) is 3.14. The molecule has 90 valence electrons. The predicted molar refractivity (Wildman–Crippen MR) is 58.5 cm³/mol. The highest BCUT2D eigenvalue weighted by atomic mass is 32.2. The van der Waals surface area contributed by atoms with E-state index >= 15 is 0 Å². The number of hydrogen-bond donors (Lipinski definition) is 2. The van der Waals surface area contributed by atoms with Gasteiger partial charge in [0.05, 0.1) is 12.0 Å². The molecule has 0 radical (unpaired) electrons. The van der Waals surface area contributed by atoms with Crippen LogP contribution in [0.2, 0.25) is 0 Å². The molecule has 6 nitrogen and oxygen atoms in total. The average Bonchev–Trinajstić information content (AvgIpc) is 2.77. The molecule has 16 heavy (non-hydrogen) atoms. The van der Waals surface area contributed by atoms with Gasteiger partial charge in [0, 0.05) is 13.1 Å². The van der Waals surface area contributed by atoms with E-state index in [1.54, 1.807) is 13.0 Å². The molecular formula is C9H14N2O4S. The summed E-state index contributed by atoms with van der Waals surface area (Å²) in [5, 5.41) is 2.52. The first kappa shape index (κ1) is 12.7. The SMILES string of the molecule is CCS(=O)(=O)NCCNC(=O)c1ccco1. The van der Waals surface area contributed by atoms with E-state index in [0.29, 0.717) is 0 Å². The quantitative estimate of drug-likeness (QED) is 0.689. The van der Waals surface area contributed by atoms with Crippen LogP contribution in [0.3, 0.4) is 0 Å². The Labute approximate surface area is 94.1 Å². The molecule has 1 amide bonds. The van der Waals surface area contributed by atoms with Gasteiger partial charge in [-0.1, -0.05) is 0 Å². The fourth-order valence-corrected chi connectivity index (χ4v) is 1.60. The van der Waals surface area contributed by atoms with Crippen molar-refractivity contribution in [1.29, 1.82) is 0 Å². The summed E-state index contributed by atoms with van der Waals surface area (Å²) in [4.78, 5) is 11.3. The van der Waals surface area contributed by atoms with Gasteiger partial charge in [-0.2, -0.15) is 0 Å². The van der Waals surface area contributed by atoms with Crippen LogP contribution in [0, 0.1) is 0 Å². The molecule has 1 rings (SSSR count). The number of rotatable bonds is 6. The molecule has 0 fully saturated rings. The maximum absolute atomic E-state index is 11.3. The van der Waals surface area contributed by atoms with Crippen LogP contribution in [0.4, 0.5) is 0 Å². The molecule has 0 aliphatic carbocycles. The lowest BCUT2D eigenvalue weighted by Gasteiger charge is -2.05. The van der Waals surface area contributed by atoms with Crippen molar-refractivity contribution >= 4 is 15.9 Å². The third kappa shape index (κ3) is 4.03. The second-order valence-electron chi connectivity index (χ2n) is 3.03. The third-order valence-corrected chi connectivity index (χ3v) is 3.26. The van der Waals surface area contributed by atoms with E-state index in [4.69, 9.17) is 4.42 Å². The number of nitrogens with one attached hydrogen (secondary N) is 2. The highest BCUT2D eigenvalue weighted by molar-refractivity contribution is 7.89. The molecule has 0 spiro atoms. The Morgan fingerprint density at radius 3 is 2.75 bits per heavy atom. The summed E-state index contributed by atoms with van der Waals surface area (Å²) in [5.74, 6) is -0.127. The standard InChI is InChI=1S/C9H14N2O4S/c1-2-16(13,14)11-6-5-10-9(12)8-4-3-7-15-8/h3-4,7,11H,2,5-6H2,1H3,(H,10,12). The van der Waals surface area contributed by atoms with Crippen molar-refractivity contribution in [1.82, 2.24) is 10.0 Å². The zero-order valence-electron chi connectivity index (χ0n) is 8.89. The van der Waals surface area contributed by atoms with Gasteiger partial charge in [-0.05, 0) is 19.1 Å². The van der Waals surface area contributed by atoms with E-state index in [1.165, 1.54) is 12.3 Å². The van der Waals surface area contributed by atoms with Crippen LogP contribution in [0.25, 0.3) is 0 Å². The summed E-state index contributed by atoms with van der Waals surface area (Å²) in [6.45, 7) is 1.94. The van der Waals surface area contributed by atoms with Crippen molar-refractivity contribution < 1.29 is 17.6 Å². The number of hydrogen-bond acceptors (Lipinski definition) is 4. The maximum atomic E-state index is 11.3. The third-order valence-electron chi connectivity index (χ3n) is 1.86. The minimum absolute atomic E-state index is 0.0269. The molecule has 0 saturated heterocycles. The minimum Gasteiger partial charge on any atom is -0.459 e. The topological polar surface area (TPSA) is 88.4 Å². The van der Waals surface area contributed by atoms with E-state index < -0.39 is 10.0 Å². The summed E-state index contributed by atoms with van der Waals surface area (Å²) in [7, 11) is -3.20. The smallest absolute Gasteiger partial charge is 0.287 e. The van der Waals surface area contributed by atoms with Crippen LogP contribution < -0.4 is 10.0 Å². The lowest BCUT2D eigenvalue weighted by atomic mass is 10.4. The highest BCUT2D eigenvalue weighted by Gasteiger charge is 2.08. The molecule has 2 N–H and O–H groups in total. The normalized spacial score (nSPS) is 11.3. The van der Waals surface area contributed by atoms with Gasteiger partial charge in [0.25, 0.3) is 5.91 Å². The van der Waals surface area contributed by atoms with Crippen molar-refractivity contribution in [2.24, 2.45) is 0 Å². The molecule has 1 aromatic rings. The number of amides is 1. The van der Waals surface area contributed by atoms with Crippen molar-refractivity contribution in [3.8, 4) is 0 Å². The van der Waals surface area contributed by atoms with Gasteiger partial charge in [0.1, 0.15) is 0 Å². The molecule has 0 aliphatic heterocycles. The van der Waals surface area contributed by atoms with Crippen LogP contribution in [0.1, 0.15) is 17.5 Å². The largest absolute Gasteiger partial charge is 0.459 e. The zero-order chi connectivity index (χ0) is 12.0.